The molecule has 0 spiro atoms. The minimum absolute atomic E-state index is 0.671. The van der Waals surface area contributed by atoms with E-state index in [0.29, 0.717) is 5.69 Å². The number of para-hydroxylation sites is 1. The highest BCUT2D eigenvalue weighted by Crippen LogP contribution is 2.34. The molecule has 20 heavy (non-hydrogen) atoms. The number of rotatable bonds is 3. The van der Waals surface area contributed by atoms with E-state index in [4.69, 9.17) is 10.5 Å². The van der Waals surface area contributed by atoms with Gasteiger partial charge in [0.05, 0.1) is 12.6 Å². The van der Waals surface area contributed by atoms with Gasteiger partial charge in [0.15, 0.2) is 0 Å². The molecule has 0 fully saturated rings. The van der Waals surface area contributed by atoms with Crippen LogP contribution in [0.25, 0.3) is 10.9 Å². The lowest BCUT2D eigenvalue weighted by molar-refractivity contribution is 0.414. The van der Waals surface area contributed by atoms with Gasteiger partial charge in [-0.05, 0) is 18.2 Å². The summed E-state index contributed by atoms with van der Waals surface area (Å²) >= 11 is 1.55. The fourth-order valence-electron chi connectivity index (χ4n) is 1.94. The molecule has 1 aromatic heterocycles. The van der Waals surface area contributed by atoms with Gasteiger partial charge in [0.1, 0.15) is 17.1 Å². The van der Waals surface area contributed by atoms with Gasteiger partial charge in [-0.2, -0.15) is 0 Å². The molecule has 0 atom stereocenters. The molecule has 2 N–H and O–H groups in total. The normalized spacial score (nSPS) is 10.7. The highest BCUT2D eigenvalue weighted by molar-refractivity contribution is 7.99. The van der Waals surface area contributed by atoms with Crippen molar-refractivity contribution in [3.05, 3.63) is 48.8 Å². The fraction of sp³-hybridized carbons (Fsp3) is 0.0667. The van der Waals surface area contributed by atoms with Gasteiger partial charge in [0, 0.05) is 22.0 Å². The molecule has 5 heteroatoms. The molecule has 0 saturated carbocycles. The molecule has 100 valence electrons. The molecule has 0 amide bonds. The van der Waals surface area contributed by atoms with Gasteiger partial charge in [0.2, 0.25) is 0 Å². The third kappa shape index (κ3) is 2.53. The average molecular weight is 283 g/mol. The van der Waals surface area contributed by atoms with Crippen LogP contribution in [-0.2, 0) is 0 Å². The maximum atomic E-state index is 5.88. The predicted molar refractivity (Wildman–Crippen MR) is 81.1 cm³/mol. The molecule has 0 aliphatic carbocycles. The Morgan fingerprint density at radius 1 is 1.10 bits per heavy atom. The zero-order valence-electron chi connectivity index (χ0n) is 10.9. The number of methoxy groups -OCH3 is 1. The van der Waals surface area contributed by atoms with Crippen LogP contribution in [0, 0.1) is 0 Å². The van der Waals surface area contributed by atoms with Crippen molar-refractivity contribution < 1.29 is 4.74 Å². The molecule has 0 aliphatic rings. The van der Waals surface area contributed by atoms with Gasteiger partial charge >= 0.3 is 0 Å². The Labute approximate surface area is 121 Å². The number of aromatic nitrogens is 2. The van der Waals surface area contributed by atoms with E-state index in [9.17, 15) is 0 Å². The summed E-state index contributed by atoms with van der Waals surface area (Å²) < 4.78 is 5.23. The first-order valence-electron chi connectivity index (χ1n) is 6.08. The van der Waals surface area contributed by atoms with Gasteiger partial charge in [-0.3, -0.25) is 0 Å². The number of nitrogen functional groups attached to an aromatic ring is 1. The Morgan fingerprint density at radius 3 is 2.80 bits per heavy atom. The van der Waals surface area contributed by atoms with Crippen molar-refractivity contribution in [3.63, 3.8) is 0 Å². The molecule has 0 bridgehead atoms. The highest BCUT2D eigenvalue weighted by Gasteiger charge is 2.07. The molecule has 0 radical (unpaired) electrons. The van der Waals surface area contributed by atoms with Crippen LogP contribution in [0.3, 0.4) is 0 Å². The van der Waals surface area contributed by atoms with Crippen LogP contribution >= 0.6 is 11.8 Å². The Hall–Kier alpha value is -2.27. The summed E-state index contributed by atoms with van der Waals surface area (Å²) in [5.74, 6) is 0.742. The van der Waals surface area contributed by atoms with Gasteiger partial charge < -0.3 is 10.5 Å². The van der Waals surface area contributed by atoms with Gasteiger partial charge in [-0.1, -0.05) is 30.0 Å². The maximum absolute atomic E-state index is 5.88. The van der Waals surface area contributed by atoms with E-state index in [2.05, 4.69) is 9.97 Å². The Morgan fingerprint density at radius 2 is 1.95 bits per heavy atom. The van der Waals surface area contributed by atoms with Crippen molar-refractivity contribution in [1.29, 1.82) is 0 Å². The summed E-state index contributed by atoms with van der Waals surface area (Å²) in [4.78, 5) is 9.61. The number of benzene rings is 2. The number of ether oxygens (including phenoxy) is 1. The molecular weight excluding hydrogens is 270 g/mol. The van der Waals surface area contributed by atoms with Crippen LogP contribution in [0.2, 0.25) is 0 Å². The molecule has 0 saturated heterocycles. The van der Waals surface area contributed by atoms with E-state index in [-0.39, 0.29) is 0 Å². The number of nitrogens with zero attached hydrogens (tertiary/aromatic N) is 2. The minimum Gasteiger partial charge on any atom is -0.497 e. The number of hydrogen-bond donors (Lipinski definition) is 1. The van der Waals surface area contributed by atoms with Gasteiger partial charge in [-0.15, -0.1) is 0 Å². The summed E-state index contributed by atoms with van der Waals surface area (Å²) in [6, 6.07) is 13.6. The van der Waals surface area contributed by atoms with Crippen LogP contribution < -0.4 is 10.5 Å². The summed E-state index contributed by atoms with van der Waals surface area (Å²) in [5, 5.41) is 1.93. The topological polar surface area (TPSA) is 61.0 Å². The molecular formula is C15H13N3OS. The Bertz CT molecular complexity index is 756. The van der Waals surface area contributed by atoms with E-state index >= 15 is 0 Å². The molecule has 3 aromatic rings. The largest absolute Gasteiger partial charge is 0.497 e. The van der Waals surface area contributed by atoms with E-state index in [1.54, 1.807) is 31.3 Å². The lowest BCUT2D eigenvalue weighted by Crippen LogP contribution is -1.90. The van der Waals surface area contributed by atoms with E-state index in [1.165, 1.54) is 0 Å². The minimum atomic E-state index is 0.671. The maximum Gasteiger partial charge on any atom is 0.122 e. The van der Waals surface area contributed by atoms with E-state index in [0.717, 1.165) is 26.6 Å². The zero-order valence-corrected chi connectivity index (χ0v) is 11.7. The lowest BCUT2D eigenvalue weighted by atomic mass is 10.2. The Balaban J connectivity index is 2.03. The predicted octanol–water partition coefficient (Wildman–Crippen LogP) is 3.37. The first kappa shape index (κ1) is 12.7. The van der Waals surface area contributed by atoms with Crippen LogP contribution in [0.15, 0.2) is 58.7 Å². The molecule has 0 aliphatic heterocycles. The van der Waals surface area contributed by atoms with Crippen molar-refractivity contribution in [2.75, 3.05) is 12.8 Å². The summed E-state index contributed by atoms with van der Waals surface area (Å²) in [5.41, 5.74) is 7.48. The summed E-state index contributed by atoms with van der Waals surface area (Å²) in [7, 11) is 1.63. The van der Waals surface area contributed by atoms with Crippen molar-refractivity contribution in [1.82, 2.24) is 9.97 Å². The fourth-order valence-corrected chi connectivity index (χ4v) is 2.92. The molecule has 2 aromatic carbocycles. The number of hydrogen-bond acceptors (Lipinski definition) is 5. The number of fused-ring (bicyclic) bond motifs is 1. The standard InChI is InChI=1S/C15H13N3OS/c1-19-11-6-10(16)7-12(8-11)20-15-13-4-2-3-5-14(13)17-9-18-15/h2-9H,16H2,1H3. The van der Waals surface area contributed by atoms with Crippen molar-refractivity contribution in [2.24, 2.45) is 0 Å². The van der Waals surface area contributed by atoms with E-state index in [1.807, 2.05) is 36.4 Å². The second-order valence-corrected chi connectivity index (χ2v) is 5.30. The van der Waals surface area contributed by atoms with Crippen molar-refractivity contribution in [3.8, 4) is 5.75 Å². The zero-order chi connectivity index (χ0) is 13.9. The molecule has 3 rings (SSSR count). The highest BCUT2D eigenvalue weighted by atomic mass is 32.2. The van der Waals surface area contributed by atoms with Crippen LogP contribution in [0.4, 0.5) is 5.69 Å². The first-order valence-corrected chi connectivity index (χ1v) is 6.90. The number of nitrogens with two attached hydrogens (primary N) is 1. The second-order valence-electron chi connectivity index (χ2n) is 4.24. The van der Waals surface area contributed by atoms with Gasteiger partial charge in [0.25, 0.3) is 0 Å². The lowest BCUT2D eigenvalue weighted by Gasteiger charge is -2.07. The van der Waals surface area contributed by atoms with Crippen molar-refractivity contribution in [2.45, 2.75) is 9.92 Å². The monoisotopic (exact) mass is 283 g/mol. The second kappa shape index (κ2) is 5.38. The van der Waals surface area contributed by atoms with E-state index < -0.39 is 0 Å². The van der Waals surface area contributed by atoms with Gasteiger partial charge in [-0.25, -0.2) is 9.97 Å². The van der Waals surface area contributed by atoms with Crippen LogP contribution in [-0.4, -0.2) is 17.1 Å². The molecule has 1 heterocycles. The van der Waals surface area contributed by atoms with Crippen LogP contribution in [0.1, 0.15) is 0 Å². The smallest absolute Gasteiger partial charge is 0.122 e. The van der Waals surface area contributed by atoms with Crippen LogP contribution in [0.5, 0.6) is 5.75 Å². The molecule has 0 unspecified atom stereocenters. The Kier molecular flexibility index (Phi) is 3.43. The number of anilines is 1. The molecule has 4 nitrogen and oxygen atoms in total. The summed E-state index contributed by atoms with van der Waals surface area (Å²) in [6.07, 6.45) is 1.58. The summed E-state index contributed by atoms with van der Waals surface area (Å²) in [6.45, 7) is 0. The third-order valence-corrected chi connectivity index (χ3v) is 3.85. The van der Waals surface area contributed by atoms with Crippen molar-refractivity contribution >= 4 is 28.4 Å². The quantitative estimate of drug-likeness (QED) is 0.590. The average Bonchev–Trinajstić information content (AvgIpc) is 2.47. The first-order chi connectivity index (χ1) is 9.76. The SMILES string of the molecule is COc1cc(N)cc(Sc2ncnc3ccccc23)c1. The third-order valence-electron chi connectivity index (χ3n) is 2.86.